The number of carbonyl (C=O) groups excluding carboxylic acids is 2. The van der Waals surface area contributed by atoms with Crippen molar-refractivity contribution in [2.45, 2.75) is 39.5 Å². The van der Waals surface area contributed by atoms with Crippen molar-refractivity contribution in [1.29, 1.82) is 0 Å². The molecule has 162 valence electrons. The number of anilines is 1. The highest BCUT2D eigenvalue weighted by Crippen LogP contribution is 2.31. The molecule has 1 N–H and O–H groups in total. The van der Waals surface area contributed by atoms with Crippen molar-refractivity contribution in [2.75, 3.05) is 5.32 Å². The summed E-state index contributed by atoms with van der Waals surface area (Å²) < 4.78 is 43.9. The highest BCUT2D eigenvalue weighted by Gasteiger charge is 2.31. The second-order valence-electron chi connectivity index (χ2n) is 7.04. The Kier molecular flexibility index (Phi) is 6.29. The van der Waals surface area contributed by atoms with Gasteiger partial charge in [-0.15, -0.1) is 0 Å². The fourth-order valence-electron chi connectivity index (χ4n) is 3.26. The summed E-state index contributed by atoms with van der Waals surface area (Å²) in [7, 11) is 0. The highest BCUT2D eigenvalue weighted by molar-refractivity contribution is 6.06. The van der Waals surface area contributed by atoms with Gasteiger partial charge in [-0.1, -0.05) is 31.2 Å². The van der Waals surface area contributed by atoms with E-state index >= 15 is 0 Å². The Labute approximate surface area is 177 Å². The van der Waals surface area contributed by atoms with Crippen LogP contribution in [0.5, 0.6) is 0 Å². The smallest absolute Gasteiger partial charge is 0.416 e. The third kappa shape index (κ3) is 4.84. The number of esters is 1. The zero-order valence-corrected chi connectivity index (χ0v) is 17.2. The van der Waals surface area contributed by atoms with Crippen molar-refractivity contribution in [3.05, 3.63) is 70.9 Å². The summed E-state index contributed by atoms with van der Waals surface area (Å²) in [6.07, 6.45) is -5.14. The SMILES string of the molecule is CCc1nc2ccccc2c(C(=O)OC(C)C(=O)Nc2cccc(C(F)(F)F)c2)c1C. The second kappa shape index (κ2) is 8.75. The van der Waals surface area contributed by atoms with E-state index in [1.165, 1.54) is 19.1 Å². The third-order valence-corrected chi connectivity index (χ3v) is 4.89. The molecule has 31 heavy (non-hydrogen) atoms. The molecule has 3 aromatic rings. The van der Waals surface area contributed by atoms with E-state index in [4.69, 9.17) is 4.74 Å². The van der Waals surface area contributed by atoms with Crippen LogP contribution < -0.4 is 5.32 Å². The molecule has 5 nitrogen and oxygen atoms in total. The number of benzene rings is 2. The molecule has 0 aliphatic carbocycles. The molecular weight excluding hydrogens is 409 g/mol. The number of halogens is 3. The van der Waals surface area contributed by atoms with Crippen LogP contribution in [0.3, 0.4) is 0 Å². The van der Waals surface area contributed by atoms with E-state index in [-0.39, 0.29) is 5.69 Å². The summed E-state index contributed by atoms with van der Waals surface area (Å²) in [5.41, 5.74) is 1.44. The number of fused-ring (bicyclic) bond motifs is 1. The third-order valence-electron chi connectivity index (χ3n) is 4.89. The molecule has 0 saturated carbocycles. The number of rotatable bonds is 5. The van der Waals surface area contributed by atoms with E-state index in [2.05, 4.69) is 10.3 Å². The average Bonchev–Trinajstić information content (AvgIpc) is 2.72. The van der Waals surface area contributed by atoms with Crippen LogP contribution in [0.25, 0.3) is 10.9 Å². The Hall–Kier alpha value is -3.42. The summed E-state index contributed by atoms with van der Waals surface area (Å²) in [6.45, 7) is 5.05. The van der Waals surface area contributed by atoms with Gasteiger partial charge in [-0.25, -0.2) is 4.79 Å². The minimum Gasteiger partial charge on any atom is -0.449 e. The number of nitrogens with zero attached hydrogens (tertiary/aromatic N) is 1. The van der Waals surface area contributed by atoms with E-state index < -0.39 is 29.7 Å². The molecule has 1 aromatic heterocycles. The molecule has 0 saturated heterocycles. The van der Waals surface area contributed by atoms with Crippen LogP contribution in [0, 0.1) is 6.92 Å². The minimum absolute atomic E-state index is 0.0402. The van der Waals surface area contributed by atoms with Crippen molar-refractivity contribution in [2.24, 2.45) is 0 Å². The van der Waals surface area contributed by atoms with E-state index in [1.807, 2.05) is 13.0 Å². The maximum atomic E-state index is 12.9. The van der Waals surface area contributed by atoms with Gasteiger partial charge in [0.05, 0.1) is 16.6 Å². The number of para-hydroxylation sites is 1. The number of pyridine rings is 1. The Bertz CT molecular complexity index is 1140. The largest absolute Gasteiger partial charge is 0.449 e. The number of aromatic nitrogens is 1. The fourth-order valence-corrected chi connectivity index (χ4v) is 3.26. The first-order chi connectivity index (χ1) is 14.6. The fraction of sp³-hybridized carbons (Fsp3) is 0.261. The number of hydrogen-bond acceptors (Lipinski definition) is 4. The van der Waals surface area contributed by atoms with Crippen LogP contribution >= 0.6 is 0 Å². The standard InChI is InChI=1S/C23H21F3N2O3/c1-4-18-13(2)20(17-10-5-6-11-19(17)28-18)22(30)31-14(3)21(29)27-16-9-7-8-15(12-16)23(24,25)26/h5-12,14H,4H2,1-3H3,(H,27,29). The van der Waals surface area contributed by atoms with Crippen LogP contribution in [0.15, 0.2) is 48.5 Å². The molecular formula is C23H21F3N2O3. The number of carbonyl (C=O) groups is 2. The van der Waals surface area contributed by atoms with Gasteiger partial charge in [-0.3, -0.25) is 9.78 Å². The Balaban J connectivity index is 1.81. The number of hydrogen-bond donors (Lipinski definition) is 1. The van der Waals surface area contributed by atoms with Crippen molar-refractivity contribution >= 4 is 28.5 Å². The minimum atomic E-state index is -4.53. The molecule has 0 radical (unpaired) electrons. The van der Waals surface area contributed by atoms with E-state index in [1.54, 1.807) is 25.1 Å². The van der Waals surface area contributed by atoms with Crippen molar-refractivity contribution in [3.63, 3.8) is 0 Å². The topological polar surface area (TPSA) is 68.3 Å². The normalized spacial score (nSPS) is 12.5. The molecule has 1 atom stereocenters. The number of aryl methyl sites for hydroxylation is 1. The van der Waals surface area contributed by atoms with Gasteiger partial charge in [0, 0.05) is 16.8 Å². The Morgan fingerprint density at radius 2 is 1.84 bits per heavy atom. The van der Waals surface area contributed by atoms with Crippen molar-refractivity contribution in [3.8, 4) is 0 Å². The average molecular weight is 430 g/mol. The lowest BCUT2D eigenvalue weighted by molar-refractivity contribution is -0.137. The molecule has 1 unspecified atom stereocenters. The van der Waals surface area contributed by atoms with Crippen LogP contribution in [-0.2, 0) is 22.1 Å². The van der Waals surface area contributed by atoms with E-state index in [9.17, 15) is 22.8 Å². The number of alkyl halides is 3. The molecule has 1 heterocycles. The first kappa shape index (κ1) is 22.3. The highest BCUT2D eigenvalue weighted by atomic mass is 19.4. The van der Waals surface area contributed by atoms with Crippen LogP contribution in [0.4, 0.5) is 18.9 Å². The van der Waals surface area contributed by atoms with Gasteiger partial charge in [0.1, 0.15) is 0 Å². The van der Waals surface area contributed by atoms with Gasteiger partial charge in [-0.2, -0.15) is 13.2 Å². The molecule has 2 aromatic carbocycles. The number of ether oxygens (including phenoxy) is 1. The van der Waals surface area contributed by atoms with Crippen LogP contribution in [0.2, 0.25) is 0 Å². The van der Waals surface area contributed by atoms with Crippen LogP contribution in [-0.4, -0.2) is 23.0 Å². The van der Waals surface area contributed by atoms with Gasteiger partial charge in [0.15, 0.2) is 6.10 Å². The summed E-state index contributed by atoms with van der Waals surface area (Å²) in [5.74, 6) is -1.43. The maximum Gasteiger partial charge on any atom is 0.416 e. The Morgan fingerprint density at radius 1 is 1.13 bits per heavy atom. The van der Waals surface area contributed by atoms with Gasteiger partial charge in [0.25, 0.3) is 5.91 Å². The van der Waals surface area contributed by atoms with Crippen LogP contribution in [0.1, 0.15) is 41.0 Å². The van der Waals surface area contributed by atoms with Gasteiger partial charge < -0.3 is 10.1 Å². The van der Waals surface area contributed by atoms with Gasteiger partial charge in [0.2, 0.25) is 0 Å². The maximum absolute atomic E-state index is 12.9. The molecule has 0 bridgehead atoms. The van der Waals surface area contributed by atoms with E-state index in [0.717, 1.165) is 17.8 Å². The molecule has 0 fully saturated rings. The molecule has 0 aliphatic heterocycles. The second-order valence-corrected chi connectivity index (χ2v) is 7.04. The van der Waals surface area contributed by atoms with E-state index in [0.29, 0.717) is 28.5 Å². The first-order valence-corrected chi connectivity index (χ1v) is 9.69. The molecule has 0 aliphatic rings. The molecule has 3 rings (SSSR count). The molecule has 1 amide bonds. The zero-order chi connectivity index (χ0) is 22.8. The summed E-state index contributed by atoms with van der Waals surface area (Å²) in [4.78, 5) is 29.9. The van der Waals surface area contributed by atoms with Crippen molar-refractivity contribution < 1.29 is 27.5 Å². The predicted octanol–water partition coefficient (Wildman–Crippen LogP) is 5.31. The van der Waals surface area contributed by atoms with Gasteiger partial charge in [-0.05, 0) is 50.1 Å². The number of nitrogens with one attached hydrogen (secondary N) is 1. The number of amides is 1. The first-order valence-electron chi connectivity index (χ1n) is 9.69. The summed E-state index contributed by atoms with van der Waals surface area (Å²) in [6, 6.07) is 11.4. The predicted molar refractivity (Wildman–Crippen MR) is 111 cm³/mol. The molecule has 0 spiro atoms. The lowest BCUT2D eigenvalue weighted by Gasteiger charge is -2.17. The summed E-state index contributed by atoms with van der Waals surface area (Å²) in [5, 5.41) is 2.96. The van der Waals surface area contributed by atoms with Gasteiger partial charge >= 0.3 is 12.1 Å². The Morgan fingerprint density at radius 3 is 2.52 bits per heavy atom. The summed E-state index contributed by atoms with van der Waals surface area (Å²) >= 11 is 0. The quantitative estimate of drug-likeness (QED) is 0.557. The van der Waals surface area contributed by atoms with Crippen molar-refractivity contribution in [1.82, 2.24) is 4.98 Å². The molecule has 8 heteroatoms. The zero-order valence-electron chi connectivity index (χ0n) is 17.2. The monoisotopic (exact) mass is 430 g/mol. The lowest BCUT2D eigenvalue weighted by atomic mass is 10.0. The lowest BCUT2D eigenvalue weighted by Crippen LogP contribution is -2.30.